The van der Waals surface area contributed by atoms with Crippen LogP contribution in [-0.4, -0.2) is 17.7 Å². The molecule has 2 aromatic heterocycles. The number of hydrogen-bond donors (Lipinski definition) is 1. The van der Waals surface area contributed by atoms with Crippen LogP contribution in [0.15, 0.2) is 42.5 Å². The summed E-state index contributed by atoms with van der Waals surface area (Å²) in [6.45, 7) is 2.66. The zero-order valence-electron chi connectivity index (χ0n) is 14.9. The Morgan fingerprint density at radius 1 is 1.14 bits per heavy atom. The molecule has 28 heavy (non-hydrogen) atoms. The van der Waals surface area contributed by atoms with Gasteiger partial charge in [-0.25, -0.2) is 4.98 Å². The molecule has 3 heterocycles. The summed E-state index contributed by atoms with van der Waals surface area (Å²) in [6, 6.07) is 13.5. The number of pyridine rings is 1. The highest BCUT2D eigenvalue weighted by Gasteiger charge is 2.17. The van der Waals surface area contributed by atoms with Gasteiger partial charge in [-0.05, 0) is 42.8 Å². The molecule has 5 nitrogen and oxygen atoms in total. The molecule has 0 bridgehead atoms. The van der Waals surface area contributed by atoms with Gasteiger partial charge in [0.15, 0.2) is 11.5 Å². The minimum absolute atomic E-state index is 0.143. The number of hydrogen-bond acceptors (Lipinski definition) is 5. The van der Waals surface area contributed by atoms with Crippen LogP contribution in [0.2, 0.25) is 5.15 Å². The predicted octanol–water partition coefficient (Wildman–Crippen LogP) is 5.07. The Balaban J connectivity index is 1.44. The molecule has 1 N–H and O–H groups in total. The first-order valence-corrected chi connectivity index (χ1v) is 9.94. The van der Waals surface area contributed by atoms with Gasteiger partial charge >= 0.3 is 0 Å². The van der Waals surface area contributed by atoms with E-state index in [-0.39, 0.29) is 12.7 Å². The third kappa shape index (κ3) is 2.95. The lowest BCUT2D eigenvalue weighted by molar-refractivity contribution is 0.0955. The number of rotatable bonds is 3. The molecule has 0 radical (unpaired) electrons. The molecular weight excluding hydrogens is 396 g/mol. The molecule has 0 saturated carbocycles. The Morgan fingerprint density at radius 3 is 2.89 bits per heavy atom. The van der Waals surface area contributed by atoms with Gasteiger partial charge in [0.2, 0.25) is 6.79 Å². The summed E-state index contributed by atoms with van der Waals surface area (Å²) >= 11 is 7.79. The van der Waals surface area contributed by atoms with Crippen molar-refractivity contribution in [3.63, 3.8) is 0 Å². The molecule has 1 amide bonds. The first-order chi connectivity index (χ1) is 13.6. The first kappa shape index (κ1) is 17.3. The summed E-state index contributed by atoms with van der Waals surface area (Å²) in [5, 5.41) is 5.19. The molecular formula is C21H15ClN2O3S. The number of thiophene rings is 1. The number of aryl methyl sites for hydroxylation is 1. The normalized spacial score (nSPS) is 12.6. The van der Waals surface area contributed by atoms with Crippen LogP contribution < -0.4 is 14.8 Å². The summed E-state index contributed by atoms with van der Waals surface area (Å²) in [4.78, 5) is 17.8. The summed E-state index contributed by atoms with van der Waals surface area (Å²) in [6.07, 6.45) is 0. The molecule has 0 aliphatic carbocycles. The minimum atomic E-state index is -0.143. The molecule has 1 aliphatic rings. The van der Waals surface area contributed by atoms with Crippen LogP contribution in [0.4, 0.5) is 0 Å². The second-order valence-corrected chi connectivity index (χ2v) is 8.06. The number of benzene rings is 2. The Morgan fingerprint density at radius 2 is 2.00 bits per heavy atom. The predicted molar refractivity (Wildman–Crippen MR) is 111 cm³/mol. The molecule has 1 aliphatic heterocycles. The Kier molecular flexibility index (Phi) is 4.10. The fourth-order valence-electron chi connectivity index (χ4n) is 3.27. The molecule has 0 atom stereocenters. The quantitative estimate of drug-likeness (QED) is 0.479. The van der Waals surface area contributed by atoms with Crippen molar-refractivity contribution in [1.82, 2.24) is 10.3 Å². The largest absolute Gasteiger partial charge is 0.454 e. The highest BCUT2D eigenvalue weighted by molar-refractivity contribution is 7.21. The first-order valence-electron chi connectivity index (χ1n) is 8.74. The number of carbonyl (C=O) groups excluding carboxylic acids is 1. The van der Waals surface area contributed by atoms with Crippen molar-refractivity contribution in [2.75, 3.05) is 6.79 Å². The molecule has 0 unspecified atom stereocenters. The Labute approximate surface area is 169 Å². The van der Waals surface area contributed by atoms with E-state index in [1.165, 1.54) is 11.3 Å². The summed E-state index contributed by atoms with van der Waals surface area (Å²) in [5.41, 5.74) is 2.91. The Hall–Kier alpha value is -2.83. The fourth-order valence-corrected chi connectivity index (χ4v) is 4.67. The molecule has 0 fully saturated rings. The van der Waals surface area contributed by atoms with E-state index in [1.54, 1.807) is 0 Å². The molecule has 0 saturated heterocycles. The number of carbonyl (C=O) groups is 1. The summed E-state index contributed by atoms with van der Waals surface area (Å²) in [5.74, 6) is 1.29. The second-order valence-electron chi connectivity index (χ2n) is 6.65. The second kappa shape index (κ2) is 6.65. The van der Waals surface area contributed by atoms with Gasteiger partial charge in [-0.1, -0.05) is 29.3 Å². The van der Waals surface area contributed by atoms with Gasteiger partial charge < -0.3 is 14.8 Å². The van der Waals surface area contributed by atoms with Gasteiger partial charge in [-0.15, -0.1) is 11.3 Å². The standard InChI is InChI=1S/C21H15ClN2O3S/c1-11-2-4-15-13(6-11)19-14(20(22)24-15)8-18(28-19)21(25)23-9-12-3-5-16-17(7-12)27-10-26-16/h2-8H,9-10H2,1H3,(H,23,25). The van der Waals surface area contributed by atoms with Gasteiger partial charge in [0, 0.05) is 22.0 Å². The maximum atomic E-state index is 12.7. The number of ether oxygens (including phenoxy) is 2. The lowest BCUT2D eigenvalue weighted by Crippen LogP contribution is -2.21. The molecule has 140 valence electrons. The maximum absolute atomic E-state index is 12.7. The van der Waals surface area contributed by atoms with Crippen LogP contribution in [0, 0.1) is 6.92 Å². The van der Waals surface area contributed by atoms with E-state index in [1.807, 2.05) is 43.3 Å². The van der Waals surface area contributed by atoms with E-state index >= 15 is 0 Å². The minimum Gasteiger partial charge on any atom is -0.454 e. The number of aromatic nitrogens is 1. The topological polar surface area (TPSA) is 60.5 Å². The molecule has 2 aromatic carbocycles. The number of halogens is 1. The molecule has 5 rings (SSSR count). The van der Waals surface area contributed by atoms with Crippen molar-refractivity contribution in [3.8, 4) is 11.5 Å². The van der Waals surface area contributed by atoms with Crippen molar-refractivity contribution < 1.29 is 14.3 Å². The van der Waals surface area contributed by atoms with Gasteiger partial charge in [0.05, 0.1) is 10.4 Å². The average molecular weight is 411 g/mol. The van der Waals surface area contributed by atoms with E-state index in [2.05, 4.69) is 16.4 Å². The van der Waals surface area contributed by atoms with Crippen LogP contribution in [0.3, 0.4) is 0 Å². The van der Waals surface area contributed by atoms with Gasteiger partial charge in [-0.3, -0.25) is 4.79 Å². The average Bonchev–Trinajstić information content (AvgIpc) is 3.34. The van der Waals surface area contributed by atoms with Crippen LogP contribution in [0.5, 0.6) is 11.5 Å². The third-order valence-electron chi connectivity index (χ3n) is 4.68. The Bertz CT molecular complexity index is 1250. The number of nitrogens with one attached hydrogen (secondary N) is 1. The van der Waals surface area contributed by atoms with Crippen LogP contribution >= 0.6 is 22.9 Å². The van der Waals surface area contributed by atoms with Gasteiger partial charge in [-0.2, -0.15) is 0 Å². The molecule has 4 aromatic rings. The van der Waals surface area contributed by atoms with Crippen LogP contribution in [0.25, 0.3) is 21.0 Å². The highest BCUT2D eigenvalue weighted by atomic mass is 35.5. The zero-order chi connectivity index (χ0) is 19.3. The maximum Gasteiger partial charge on any atom is 0.261 e. The van der Waals surface area contributed by atoms with E-state index < -0.39 is 0 Å². The van der Waals surface area contributed by atoms with Crippen molar-refractivity contribution in [1.29, 1.82) is 0 Å². The smallest absolute Gasteiger partial charge is 0.261 e. The van der Waals surface area contributed by atoms with Crippen molar-refractivity contribution >= 4 is 49.8 Å². The molecule has 7 heteroatoms. The monoisotopic (exact) mass is 410 g/mol. The zero-order valence-corrected chi connectivity index (χ0v) is 16.5. The SMILES string of the molecule is Cc1ccc2nc(Cl)c3cc(C(=O)NCc4ccc5c(c4)OCO5)sc3c2c1. The number of amides is 1. The lowest BCUT2D eigenvalue weighted by Gasteiger charge is -2.05. The molecule has 0 spiro atoms. The van der Waals surface area contributed by atoms with Crippen molar-refractivity contribution in [2.45, 2.75) is 13.5 Å². The number of nitrogens with zero attached hydrogens (tertiary/aromatic N) is 1. The van der Waals surface area contributed by atoms with E-state index in [0.29, 0.717) is 22.3 Å². The van der Waals surface area contributed by atoms with Crippen LogP contribution in [0.1, 0.15) is 20.8 Å². The van der Waals surface area contributed by atoms with E-state index in [4.69, 9.17) is 21.1 Å². The van der Waals surface area contributed by atoms with Crippen molar-refractivity contribution in [2.24, 2.45) is 0 Å². The van der Waals surface area contributed by atoms with Crippen molar-refractivity contribution in [3.05, 3.63) is 63.6 Å². The van der Waals surface area contributed by atoms with Gasteiger partial charge in [0.25, 0.3) is 5.91 Å². The fraction of sp³-hybridized carbons (Fsp3) is 0.143. The lowest BCUT2D eigenvalue weighted by atomic mass is 10.1. The van der Waals surface area contributed by atoms with Gasteiger partial charge in [0.1, 0.15) is 5.15 Å². The number of fused-ring (bicyclic) bond motifs is 4. The summed E-state index contributed by atoms with van der Waals surface area (Å²) < 4.78 is 11.7. The van der Waals surface area contributed by atoms with E-state index in [9.17, 15) is 4.79 Å². The third-order valence-corrected chi connectivity index (χ3v) is 6.14. The summed E-state index contributed by atoms with van der Waals surface area (Å²) in [7, 11) is 0. The van der Waals surface area contributed by atoms with Crippen LogP contribution in [-0.2, 0) is 6.54 Å². The highest BCUT2D eigenvalue weighted by Crippen LogP contribution is 2.36. The van der Waals surface area contributed by atoms with E-state index in [0.717, 1.165) is 37.9 Å².